The van der Waals surface area contributed by atoms with Gasteiger partial charge >= 0.3 is 71.6 Å². The van der Waals surface area contributed by atoms with Crippen molar-refractivity contribution < 1.29 is 37.8 Å². The summed E-state index contributed by atoms with van der Waals surface area (Å²) in [5, 5.41) is 15.6. The van der Waals surface area contributed by atoms with Crippen LogP contribution in [0.5, 0.6) is 0 Å². The Bertz CT molecular complexity index is 2030. The van der Waals surface area contributed by atoms with Gasteiger partial charge < -0.3 is 20.1 Å². The van der Waals surface area contributed by atoms with Gasteiger partial charge in [-0.05, 0) is 95.5 Å². The maximum atomic E-state index is 13.3. The third-order valence-electron chi connectivity index (χ3n) is 5.76. The number of aromatic nitrogens is 4. The standard InChI is InChI=1S/C17H19BrFN3O3S2.C13H13BrFN5O3S2.Cl5P/c1-17(2,3)25-13(23)5-4-8-26-16-14(21-27-22-16)15(24)20-10-6-7-12(19)11(18)9-10;1-23-13(21)16-4-5-24-12-10(19-25-20-12)11(18-22)17-7-2-3-9(15)8(14)6-7;1-6(2,3,4)5/h6-7,9H,4-5,8H2,1-3H3,(H,20,24);2-3,6,22H,4-5H2,1H3,(H,16,21)(H,17,18);. The predicted molar refractivity (Wildman–Crippen MR) is 240 cm³/mol. The van der Waals surface area contributed by atoms with Crippen LogP contribution in [-0.4, -0.2) is 77.3 Å². The second kappa shape index (κ2) is 24.9. The Labute approximate surface area is 389 Å². The fourth-order valence-electron chi connectivity index (χ4n) is 3.56. The molecule has 0 saturated carbocycles. The van der Waals surface area contributed by atoms with Crippen LogP contribution in [-0.2, 0) is 14.3 Å². The number of hydrogen-bond acceptors (Lipinski definition) is 15. The summed E-state index contributed by atoms with van der Waals surface area (Å²) in [5.74, 6) is -0.292. The summed E-state index contributed by atoms with van der Waals surface area (Å²) in [4.78, 5) is 39.3. The maximum absolute atomic E-state index is 13.3. The minimum atomic E-state index is -3.69. The minimum absolute atomic E-state index is 0.0793. The predicted octanol–water partition coefficient (Wildman–Crippen LogP) is 12.2. The number of hydrogen-bond donors (Lipinski definition) is 4. The molecule has 28 heteroatoms. The number of carbonyl (C=O) groups excluding carboxylic acids is 3. The summed E-state index contributed by atoms with van der Waals surface area (Å²) in [7, 11) is 1.29. The Morgan fingerprint density at radius 1 is 0.897 bits per heavy atom. The van der Waals surface area contributed by atoms with Gasteiger partial charge in [0, 0.05) is 30.2 Å². The van der Waals surface area contributed by atoms with Gasteiger partial charge in [0.1, 0.15) is 27.3 Å². The molecule has 2 aromatic carbocycles. The molecule has 0 atom stereocenters. The number of amidine groups is 1. The van der Waals surface area contributed by atoms with Crippen LogP contribution in [0.2, 0.25) is 0 Å². The molecule has 4 aromatic rings. The van der Waals surface area contributed by atoms with Gasteiger partial charge in [0.15, 0.2) is 17.2 Å². The summed E-state index contributed by atoms with van der Waals surface area (Å²) < 4.78 is 49.5. The molecule has 4 rings (SSSR count). The Hall–Kier alpha value is -1.40. The van der Waals surface area contributed by atoms with Crippen molar-refractivity contribution in [3.8, 4) is 0 Å². The number of nitrogens with zero attached hydrogens (tertiary/aromatic N) is 5. The number of ether oxygens (including phenoxy) is 2. The number of aliphatic imine (C=N–C) groups is 1. The van der Waals surface area contributed by atoms with E-state index in [-0.39, 0.29) is 26.4 Å². The number of thioether (sulfide) groups is 2. The summed E-state index contributed by atoms with van der Waals surface area (Å²) in [5.41, 5.74) is 2.92. The summed E-state index contributed by atoms with van der Waals surface area (Å²) in [6.45, 7) is 5.85. The third-order valence-corrected chi connectivity index (χ3v) is 10.3. The first-order valence-corrected chi connectivity index (χ1v) is 27.5. The van der Waals surface area contributed by atoms with E-state index in [2.05, 4.69) is 69.7 Å². The van der Waals surface area contributed by atoms with E-state index >= 15 is 0 Å². The van der Waals surface area contributed by atoms with Gasteiger partial charge in [-0.2, -0.15) is 17.5 Å². The van der Waals surface area contributed by atoms with Crippen molar-refractivity contribution in [3.63, 3.8) is 0 Å². The van der Waals surface area contributed by atoms with Crippen molar-refractivity contribution in [3.05, 3.63) is 68.4 Å². The number of esters is 1. The van der Waals surface area contributed by atoms with Crippen LogP contribution in [0, 0.1) is 11.6 Å². The van der Waals surface area contributed by atoms with Crippen molar-refractivity contribution in [1.29, 1.82) is 0 Å². The number of anilines is 1. The number of hydroxylamine groups is 1. The molecular weight excluding hydrogens is 1100 g/mol. The van der Waals surface area contributed by atoms with Gasteiger partial charge in [-0.3, -0.25) is 20.3 Å². The number of carbonyl (C=O) groups is 3. The third kappa shape index (κ3) is 22.4. The molecule has 2 amide bonds. The monoisotopic (exact) mass is 1130 g/mol. The Kier molecular flexibility index (Phi) is 22.6. The molecule has 2 aromatic heterocycles. The molecule has 0 saturated heterocycles. The molecule has 14 nitrogen and oxygen atoms in total. The molecule has 0 spiro atoms. The van der Waals surface area contributed by atoms with E-state index in [1.165, 1.54) is 67.0 Å². The number of alkyl carbamates (subject to hydrolysis) is 1. The van der Waals surface area contributed by atoms with Gasteiger partial charge in [-0.15, -0.1) is 23.5 Å². The molecule has 0 radical (unpaired) electrons. The van der Waals surface area contributed by atoms with Gasteiger partial charge in [-0.1, -0.05) is 0 Å². The normalized spacial score (nSPS) is 12.1. The van der Waals surface area contributed by atoms with Crippen molar-refractivity contribution in [1.82, 2.24) is 28.3 Å². The average molecular weight is 1130 g/mol. The van der Waals surface area contributed by atoms with Crippen LogP contribution in [0.3, 0.4) is 0 Å². The van der Waals surface area contributed by atoms with E-state index in [4.69, 9.17) is 60.9 Å². The van der Waals surface area contributed by atoms with Crippen LogP contribution in [0.25, 0.3) is 0 Å². The second-order valence-electron chi connectivity index (χ2n) is 11.5. The van der Waals surface area contributed by atoms with E-state index < -0.39 is 32.6 Å². The van der Waals surface area contributed by atoms with Crippen molar-refractivity contribution in [2.75, 3.05) is 30.5 Å². The average Bonchev–Trinajstić information content (AvgIpc) is 3.79. The molecular formula is C30H32Br2Cl5F2N8O6PS4. The molecule has 58 heavy (non-hydrogen) atoms. The first-order chi connectivity index (χ1) is 26.9. The van der Waals surface area contributed by atoms with Crippen molar-refractivity contribution in [2.45, 2.75) is 49.3 Å². The van der Waals surface area contributed by atoms with E-state index in [0.29, 0.717) is 58.0 Å². The fraction of sp³-hybridized carbons (Fsp3) is 0.333. The first kappa shape index (κ1) is 52.7. The number of amides is 2. The van der Waals surface area contributed by atoms with Crippen LogP contribution >= 0.6 is 138 Å². The van der Waals surface area contributed by atoms with Crippen molar-refractivity contribution in [2.24, 2.45) is 4.99 Å². The van der Waals surface area contributed by atoms with Gasteiger partial charge in [0.25, 0.3) is 5.91 Å². The van der Waals surface area contributed by atoms with Crippen LogP contribution in [0.4, 0.5) is 25.0 Å². The van der Waals surface area contributed by atoms with Crippen LogP contribution in [0.15, 0.2) is 60.4 Å². The topological polar surface area (TPSA) is 190 Å². The molecule has 2 heterocycles. The number of halogens is 9. The van der Waals surface area contributed by atoms with Crippen LogP contribution < -0.4 is 16.1 Å². The SMILES string of the molecule is CC(C)(C)OC(=O)CCCSc1nsnc1C(=O)Nc1ccc(F)c(Br)c1.COC(=O)NCCSc1nsnc1C(=Nc1ccc(F)c(Br)c1)NO.ClP(Cl)(Cl)(Cl)Cl. The fourth-order valence-corrected chi connectivity index (χ4v) is 7.39. The van der Waals surface area contributed by atoms with Crippen molar-refractivity contribution >= 4 is 174 Å². The summed E-state index contributed by atoms with van der Waals surface area (Å²) in [6, 6.07) is 8.38. The second-order valence-corrected chi connectivity index (χ2v) is 33.1. The quantitative estimate of drug-likeness (QED) is 0.0188. The van der Waals surface area contributed by atoms with Gasteiger partial charge in [0.05, 0.1) is 45.2 Å². The molecule has 0 aliphatic heterocycles. The molecule has 0 bridgehead atoms. The zero-order valence-corrected chi connectivity index (χ0v) is 41.3. The zero-order valence-electron chi connectivity index (χ0n) is 30.2. The molecule has 320 valence electrons. The van der Waals surface area contributed by atoms with Crippen LogP contribution in [0.1, 0.15) is 49.8 Å². The van der Waals surface area contributed by atoms with E-state index in [1.54, 1.807) is 0 Å². The summed E-state index contributed by atoms with van der Waals surface area (Å²) in [6.07, 6.45) is 0.383. The molecule has 0 unspecified atom stereocenters. The molecule has 4 N–H and O–H groups in total. The van der Waals surface area contributed by atoms with E-state index in [9.17, 15) is 28.4 Å². The van der Waals surface area contributed by atoms with Gasteiger partial charge in [-0.25, -0.2) is 18.6 Å². The summed E-state index contributed by atoms with van der Waals surface area (Å²) >= 11 is 35.6. The van der Waals surface area contributed by atoms with Gasteiger partial charge in [0.2, 0.25) is 0 Å². The number of rotatable bonds is 13. The molecule has 0 aliphatic rings. The Balaban J connectivity index is 0.000000351. The van der Waals surface area contributed by atoms with E-state index in [0.717, 1.165) is 23.5 Å². The molecule has 0 fully saturated rings. The number of benzene rings is 2. The Morgan fingerprint density at radius 2 is 1.45 bits per heavy atom. The Morgan fingerprint density at radius 3 is 2.00 bits per heavy atom. The first-order valence-electron chi connectivity index (χ1n) is 15.7. The van der Waals surface area contributed by atoms with E-state index in [1.807, 2.05) is 26.3 Å². The number of methoxy groups -OCH3 is 1. The molecule has 0 aliphatic carbocycles. The number of nitrogens with one attached hydrogen (secondary N) is 3. The zero-order chi connectivity index (χ0) is 43.7.